The maximum atomic E-state index is 11.8. The van der Waals surface area contributed by atoms with Crippen LogP contribution in [0.15, 0.2) is 12.2 Å². The summed E-state index contributed by atoms with van der Waals surface area (Å²) in [7, 11) is 0. The van der Waals surface area contributed by atoms with Gasteiger partial charge in [-0.3, -0.25) is 10.1 Å². The van der Waals surface area contributed by atoms with Gasteiger partial charge in [0.2, 0.25) is 5.91 Å². The first-order valence-corrected chi connectivity index (χ1v) is 11.9. The molecular formula is C24H46N2O3. The maximum Gasteiger partial charge on any atom is 0.321 e. The molecule has 0 aromatic carbocycles. The lowest BCUT2D eigenvalue weighted by molar-refractivity contribution is -0.120. The normalized spacial score (nSPS) is 12.4. The summed E-state index contributed by atoms with van der Waals surface area (Å²) in [6, 6.07) is -0.849. The Hall–Kier alpha value is -1.36. The number of carbonyl (C=O) groups is 2. The van der Waals surface area contributed by atoms with Gasteiger partial charge in [-0.2, -0.15) is 0 Å². The minimum atomic E-state index is -0.518. The number of allylic oxidation sites excluding steroid dienone is 2. The van der Waals surface area contributed by atoms with Crippen molar-refractivity contribution in [2.75, 3.05) is 6.61 Å². The van der Waals surface area contributed by atoms with Gasteiger partial charge < -0.3 is 10.4 Å². The Balaban J connectivity index is 3.48. The minimum Gasteiger partial charge on any atom is -0.394 e. The molecule has 0 aromatic rings. The third-order valence-electron chi connectivity index (χ3n) is 5.24. The highest BCUT2D eigenvalue weighted by Crippen LogP contribution is 2.10. The van der Waals surface area contributed by atoms with Crippen molar-refractivity contribution in [3.63, 3.8) is 0 Å². The first-order valence-electron chi connectivity index (χ1n) is 11.9. The van der Waals surface area contributed by atoms with E-state index in [0.717, 1.165) is 25.7 Å². The average Bonchev–Trinajstić information content (AvgIpc) is 2.68. The molecule has 0 saturated carbocycles. The number of rotatable bonds is 18. The number of aliphatic hydroxyl groups excluding tert-OH is 1. The monoisotopic (exact) mass is 410 g/mol. The van der Waals surface area contributed by atoms with E-state index < -0.39 is 6.03 Å². The molecule has 0 saturated heterocycles. The van der Waals surface area contributed by atoms with E-state index in [0.29, 0.717) is 6.42 Å². The second-order valence-corrected chi connectivity index (χ2v) is 8.39. The second kappa shape index (κ2) is 19.9. The highest BCUT2D eigenvalue weighted by Gasteiger charge is 2.16. The molecule has 0 heterocycles. The zero-order valence-electron chi connectivity index (χ0n) is 19.2. The Morgan fingerprint density at radius 1 is 0.828 bits per heavy atom. The van der Waals surface area contributed by atoms with E-state index in [1.165, 1.54) is 57.8 Å². The van der Waals surface area contributed by atoms with Gasteiger partial charge in [-0.1, -0.05) is 84.3 Å². The van der Waals surface area contributed by atoms with Crippen molar-refractivity contribution < 1.29 is 14.7 Å². The predicted molar refractivity (Wildman–Crippen MR) is 122 cm³/mol. The second-order valence-electron chi connectivity index (χ2n) is 8.39. The van der Waals surface area contributed by atoms with Crippen molar-refractivity contribution in [1.82, 2.24) is 10.6 Å². The quantitative estimate of drug-likeness (QED) is 0.195. The Morgan fingerprint density at radius 3 is 1.86 bits per heavy atom. The Labute approximate surface area is 179 Å². The molecule has 0 aromatic heterocycles. The summed E-state index contributed by atoms with van der Waals surface area (Å²) in [5.74, 6) is -0.133. The molecule has 0 bridgehead atoms. The SMILES string of the molecule is CCCCCCCCC=CCCCCCCCC(=O)NC(=O)N[C@H](CO)C(C)C. The number of imide groups is 1. The summed E-state index contributed by atoms with van der Waals surface area (Å²) in [6.45, 7) is 5.94. The number of aliphatic hydroxyl groups is 1. The summed E-state index contributed by atoms with van der Waals surface area (Å²) in [6.07, 6.45) is 20.9. The van der Waals surface area contributed by atoms with Gasteiger partial charge in [-0.25, -0.2) is 4.79 Å². The van der Waals surface area contributed by atoms with Gasteiger partial charge in [0.15, 0.2) is 0 Å². The van der Waals surface area contributed by atoms with Crippen molar-refractivity contribution in [3.8, 4) is 0 Å². The van der Waals surface area contributed by atoms with Crippen LogP contribution in [0.3, 0.4) is 0 Å². The number of hydrogen-bond donors (Lipinski definition) is 3. The van der Waals surface area contributed by atoms with Crippen molar-refractivity contribution >= 4 is 11.9 Å². The zero-order valence-corrected chi connectivity index (χ0v) is 19.2. The van der Waals surface area contributed by atoms with Gasteiger partial charge in [0, 0.05) is 6.42 Å². The first-order chi connectivity index (χ1) is 14.0. The van der Waals surface area contributed by atoms with Crippen LogP contribution in [0.5, 0.6) is 0 Å². The smallest absolute Gasteiger partial charge is 0.321 e. The van der Waals surface area contributed by atoms with Crippen molar-refractivity contribution in [1.29, 1.82) is 0 Å². The van der Waals surface area contributed by atoms with Crippen LogP contribution >= 0.6 is 0 Å². The number of unbranched alkanes of at least 4 members (excludes halogenated alkanes) is 11. The largest absolute Gasteiger partial charge is 0.394 e. The molecule has 0 radical (unpaired) electrons. The summed E-state index contributed by atoms with van der Waals surface area (Å²) in [5.41, 5.74) is 0. The van der Waals surface area contributed by atoms with Crippen LogP contribution in [0.25, 0.3) is 0 Å². The van der Waals surface area contributed by atoms with E-state index in [1.807, 2.05) is 13.8 Å². The number of hydrogen-bond acceptors (Lipinski definition) is 3. The molecule has 0 aliphatic heterocycles. The highest BCUT2D eigenvalue weighted by atomic mass is 16.3. The third-order valence-corrected chi connectivity index (χ3v) is 5.24. The van der Waals surface area contributed by atoms with Gasteiger partial charge in [0.05, 0.1) is 12.6 Å². The topological polar surface area (TPSA) is 78.4 Å². The highest BCUT2D eigenvalue weighted by molar-refractivity contribution is 5.94. The molecule has 0 aliphatic rings. The molecule has 0 fully saturated rings. The van der Waals surface area contributed by atoms with E-state index in [9.17, 15) is 14.7 Å². The van der Waals surface area contributed by atoms with Crippen LogP contribution in [-0.2, 0) is 4.79 Å². The van der Waals surface area contributed by atoms with Gasteiger partial charge in [0.1, 0.15) is 0 Å². The fourth-order valence-electron chi connectivity index (χ4n) is 3.17. The van der Waals surface area contributed by atoms with Crippen LogP contribution in [0.4, 0.5) is 4.79 Å². The molecule has 3 amide bonds. The van der Waals surface area contributed by atoms with Gasteiger partial charge in [-0.05, 0) is 38.0 Å². The fraction of sp³-hybridized carbons (Fsp3) is 0.833. The lowest BCUT2D eigenvalue weighted by Gasteiger charge is -2.19. The summed E-state index contributed by atoms with van der Waals surface area (Å²) >= 11 is 0. The summed E-state index contributed by atoms with van der Waals surface area (Å²) in [5, 5.41) is 14.2. The first kappa shape index (κ1) is 27.6. The molecule has 0 spiro atoms. The van der Waals surface area contributed by atoms with E-state index in [1.54, 1.807) is 0 Å². The van der Waals surface area contributed by atoms with Gasteiger partial charge in [-0.15, -0.1) is 0 Å². The molecule has 1 atom stereocenters. The molecule has 5 nitrogen and oxygen atoms in total. The summed E-state index contributed by atoms with van der Waals surface area (Å²) in [4.78, 5) is 23.5. The average molecular weight is 411 g/mol. The summed E-state index contributed by atoms with van der Waals surface area (Å²) < 4.78 is 0. The Morgan fingerprint density at radius 2 is 1.34 bits per heavy atom. The van der Waals surface area contributed by atoms with E-state index >= 15 is 0 Å². The van der Waals surface area contributed by atoms with E-state index in [4.69, 9.17) is 0 Å². The van der Waals surface area contributed by atoms with E-state index in [-0.39, 0.29) is 24.5 Å². The lowest BCUT2D eigenvalue weighted by atomic mass is 10.1. The molecule has 0 unspecified atom stereocenters. The van der Waals surface area contributed by atoms with Gasteiger partial charge in [0.25, 0.3) is 0 Å². The van der Waals surface area contributed by atoms with E-state index in [2.05, 4.69) is 29.7 Å². The molecule has 29 heavy (non-hydrogen) atoms. The molecule has 170 valence electrons. The molecule has 0 rings (SSSR count). The molecule has 5 heteroatoms. The maximum absolute atomic E-state index is 11.8. The Kier molecular flexibility index (Phi) is 19.0. The number of carbonyl (C=O) groups excluding carboxylic acids is 2. The van der Waals surface area contributed by atoms with Crippen molar-refractivity contribution in [2.24, 2.45) is 5.92 Å². The van der Waals surface area contributed by atoms with Crippen LogP contribution in [0, 0.1) is 5.92 Å². The standard InChI is InChI=1S/C24H46N2O3/c1-4-5-6-7-8-9-10-11-12-13-14-15-16-17-18-19-23(28)26-24(29)25-22(20-27)21(2)3/h11-12,21-22,27H,4-10,13-20H2,1-3H3,(H2,25,26,28,29)/t22-/m1/s1. The van der Waals surface area contributed by atoms with Crippen LogP contribution in [0.1, 0.15) is 111 Å². The zero-order chi connectivity index (χ0) is 21.7. The van der Waals surface area contributed by atoms with Crippen LogP contribution in [-0.4, -0.2) is 29.7 Å². The minimum absolute atomic E-state index is 0.117. The van der Waals surface area contributed by atoms with Crippen LogP contribution < -0.4 is 10.6 Å². The molecule has 0 aliphatic carbocycles. The van der Waals surface area contributed by atoms with Crippen LogP contribution in [0.2, 0.25) is 0 Å². The Bertz CT molecular complexity index is 436. The molecular weight excluding hydrogens is 364 g/mol. The number of urea groups is 1. The molecule has 3 N–H and O–H groups in total. The third kappa shape index (κ3) is 18.4. The number of nitrogens with one attached hydrogen (secondary N) is 2. The lowest BCUT2D eigenvalue weighted by Crippen LogP contribution is -2.48. The predicted octanol–water partition coefficient (Wildman–Crippen LogP) is 5.87. The fourth-order valence-corrected chi connectivity index (χ4v) is 3.17. The van der Waals surface area contributed by atoms with Crippen molar-refractivity contribution in [2.45, 2.75) is 117 Å². The number of amides is 3. The van der Waals surface area contributed by atoms with Crippen molar-refractivity contribution in [3.05, 3.63) is 12.2 Å². The van der Waals surface area contributed by atoms with Gasteiger partial charge >= 0.3 is 6.03 Å².